The van der Waals surface area contributed by atoms with Crippen molar-refractivity contribution in [1.82, 2.24) is 10.3 Å². The van der Waals surface area contributed by atoms with E-state index in [-0.39, 0.29) is 0 Å². The predicted octanol–water partition coefficient (Wildman–Crippen LogP) is 4.31. The number of thioether (sulfide) groups is 1. The van der Waals surface area contributed by atoms with Gasteiger partial charge in [0.05, 0.1) is 10.2 Å². The number of hydrogen-bond acceptors (Lipinski definition) is 4. The maximum Gasteiger partial charge on any atom is 0.151 e. The zero-order chi connectivity index (χ0) is 13.1. The van der Waals surface area contributed by atoms with E-state index in [0.717, 1.165) is 5.52 Å². The van der Waals surface area contributed by atoms with Crippen LogP contribution in [0.15, 0.2) is 28.6 Å². The third-order valence-electron chi connectivity index (χ3n) is 3.85. The molecule has 1 heterocycles. The lowest BCUT2D eigenvalue weighted by molar-refractivity contribution is 0.510. The van der Waals surface area contributed by atoms with Crippen molar-refractivity contribution in [3.05, 3.63) is 24.3 Å². The fourth-order valence-corrected chi connectivity index (χ4v) is 5.44. The molecule has 3 rings (SSSR count). The van der Waals surface area contributed by atoms with Gasteiger partial charge in [0.2, 0.25) is 0 Å². The van der Waals surface area contributed by atoms with E-state index in [9.17, 15) is 0 Å². The lowest BCUT2D eigenvalue weighted by atomic mass is 10.1. The number of rotatable bonds is 3. The van der Waals surface area contributed by atoms with Crippen molar-refractivity contribution in [3.8, 4) is 0 Å². The highest BCUT2D eigenvalue weighted by atomic mass is 32.2. The minimum atomic E-state index is 0.638. The molecule has 2 aromatic rings. The number of para-hydroxylation sites is 1. The first-order chi connectivity index (χ1) is 9.36. The van der Waals surface area contributed by atoms with Crippen LogP contribution in [0.1, 0.15) is 32.1 Å². The average Bonchev–Trinajstić information content (AvgIpc) is 2.70. The number of aromatic nitrogens is 1. The second-order valence-electron chi connectivity index (χ2n) is 5.14. The van der Waals surface area contributed by atoms with Crippen LogP contribution in [-0.2, 0) is 0 Å². The van der Waals surface area contributed by atoms with Crippen LogP contribution in [0.3, 0.4) is 0 Å². The quantitative estimate of drug-likeness (QED) is 0.853. The smallest absolute Gasteiger partial charge is 0.151 e. The van der Waals surface area contributed by atoms with Gasteiger partial charge < -0.3 is 5.32 Å². The molecule has 2 unspecified atom stereocenters. The van der Waals surface area contributed by atoms with E-state index in [2.05, 4.69) is 36.6 Å². The Balaban J connectivity index is 1.78. The monoisotopic (exact) mass is 292 g/mol. The number of nitrogens with zero attached hydrogens (tertiary/aromatic N) is 1. The molecule has 0 amide bonds. The van der Waals surface area contributed by atoms with Gasteiger partial charge in [0.25, 0.3) is 0 Å². The van der Waals surface area contributed by atoms with Crippen molar-refractivity contribution in [1.29, 1.82) is 0 Å². The van der Waals surface area contributed by atoms with Gasteiger partial charge in [-0.1, -0.05) is 43.2 Å². The Hall–Kier alpha value is -0.580. The summed E-state index contributed by atoms with van der Waals surface area (Å²) in [5, 5.41) is 4.18. The van der Waals surface area contributed by atoms with Crippen molar-refractivity contribution < 1.29 is 0 Å². The van der Waals surface area contributed by atoms with Crippen LogP contribution in [0.5, 0.6) is 0 Å². The third-order valence-corrected chi connectivity index (χ3v) is 6.38. The van der Waals surface area contributed by atoms with Crippen LogP contribution in [0.25, 0.3) is 10.2 Å². The highest BCUT2D eigenvalue weighted by Crippen LogP contribution is 2.37. The van der Waals surface area contributed by atoms with E-state index in [1.807, 2.05) is 23.1 Å². The second-order valence-corrected chi connectivity index (χ2v) is 7.65. The number of thiazole rings is 1. The number of benzene rings is 1. The molecule has 19 heavy (non-hydrogen) atoms. The Morgan fingerprint density at radius 2 is 2.05 bits per heavy atom. The predicted molar refractivity (Wildman–Crippen MR) is 85.2 cm³/mol. The van der Waals surface area contributed by atoms with Crippen molar-refractivity contribution in [2.24, 2.45) is 0 Å². The van der Waals surface area contributed by atoms with Crippen molar-refractivity contribution >= 4 is 33.3 Å². The van der Waals surface area contributed by atoms with E-state index in [1.54, 1.807) is 0 Å². The Labute approximate surface area is 123 Å². The normalized spacial score (nSPS) is 24.5. The number of hydrogen-bond donors (Lipinski definition) is 1. The molecular formula is C15H20N2S2. The molecule has 0 aliphatic heterocycles. The first-order valence-electron chi connectivity index (χ1n) is 7.06. The Morgan fingerprint density at radius 3 is 2.89 bits per heavy atom. The standard InChI is InChI=1S/C15H20N2S2/c1-16-11-7-3-2-4-9-13(11)18-15-17-12-8-5-6-10-14(12)19-15/h5-6,8,10-11,13,16H,2-4,7,9H2,1H3. The SMILES string of the molecule is CNC1CCCCCC1Sc1nc2ccccc2s1. The summed E-state index contributed by atoms with van der Waals surface area (Å²) in [6.07, 6.45) is 6.73. The summed E-state index contributed by atoms with van der Waals surface area (Å²) in [6.45, 7) is 0. The van der Waals surface area contributed by atoms with Gasteiger partial charge in [0, 0.05) is 11.3 Å². The van der Waals surface area contributed by atoms with Gasteiger partial charge >= 0.3 is 0 Å². The maximum atomic E-state index is 4.76. The van der Waals surface area contributed by atoms with Crippen LogP contribution in [0.4, 0.5) is 0 Å². The molecule has 0 radical (unpaired) electrons. The molecule has 4 heteroatoms. The van der Waals surface area contributed by atoms with Gasteiger partial charge in [-0.25, -0.2) is 4.98 Å². The third kappa shape index (κ3) is 3.12. The zero-order valence-corrected chi connectivity index (χ0v) is 12.9. The number of nitrogens with one attached hydrogen (secondary N) is 1. The molecule has 1 aliphatic carbocycles. The highest BCUT2D eigenvalue weighted by Gasteiger charge is 2.24. The van der Waals surface area contributed by atoms with Gasteiger partial charge in [0.1, 0.15) is 0 Å². The fraction of sp³-hybridized carbons (Fsp3) is 0.533. The summed E-state index contributed by atoms with van der Waals surface area (Å²) >= 11 is 3.82. The largest absolute Gasteiger partial charge is 0.316 e. The molecule has 1 aromatic heterocycles. The molecule has 1 N–H and O–H groups in total. The fourth-order valence-electron chi connectivity index (χ4n) is 2.78. The zero-order valence-electron chi connectivity index (χ0n) is 11.3. The molecule has 1 fully saturated rings. The summed E-state index contributed by atoms with van der Waals surface area (Å²) in [7, 11) is 2.10. The van der Waals surface area contributed by atoms with Gasteiger partial charge in [0.15, 0.2) is 4.34 Å². The molecular weight excluding hydrogens is 272 g/mol. The van der Waals surface area contributed by atoms with Crippen molar-refractivity contribution in [2.45, 2.75) is 47.7 Å². The summed E-state index contributed by atoms with van der Waals surface area (Å²) in [5.74, 6) is 0. The molecule has 1 aromatic carbocycles. The number of fused-ring (bicyclic) bond motifs is 1. The van der Waals surface area contributed by atoms with E-state index >= 15 is 0 Å². The van der Waals surface area contributed by atoms with Crippen LogP contribution >= 0.6 is 23.1 Å². The second kappa shape index (κ2) is 6.25. The van der Waals surface area contributed by atoms with E-state index < -0.39 is 0 Å². The van der Waals surface area contributed by atoms with Crippen LogP contribution in [0.2, 0.25) is 0 Å². The summed E-state index contributed by atoms with van der Waals surface area (Å²) in [5.41, 5.74) is 1.14. The van der Waals surface area contributed by atoms with Crippen LogP contribution in [-0.4, -0.2) is 23.3 Å². The van der Waals surface area contributed by atoms with Crippen molar-refractivity contribution in [2.75, 3.05) is 7.05 Å². The Bertz CT molecular complexity index is 505. The lowest BCUT2D eigenvalue weighted by Crippen LogP contribution is -2.34. The first kappa shape index (κ1) is 13.4. The topological polar surface area (TPSA) is 24.9 Å². The first-order valence-corrected chi connectivity index (χ1v) is 8.76. The molecule has 0 spiro atoms. The molecule has 1 aliphatic rings. The molecule has 1 saturated carbocycles. The van der Waals surface area contributed by atoms with E-state index in [4.69, 9.17) is 4.98 Å². The summed E-state index contributed by atoms with van der Waals surface area (Å²) in [4.78, 5) is 4.76. The summed E-state index contributed by atoms with van der Waals surface area (Å²) in [6, 6.07) is 9.08. The molecule has 0 saturated heterocycles. The van der Waals surface area contributed by atoms with Crippen LogP contribution in [0, 0.1) is 0 Å². The minimum absolute atomic E-state index is 0.638. The van der Waals surface area contributed by atoms with Crippen LogP contribution < -0.4 is 5.32 Å². The molecule has 102 valence electrons. The van der Waals surface area contributed by atoms with E-state index in [0.29, 0.717) is 11.3 Å². The van der Waals surface area contributed by atoms with Gasteiger partial charge in [-0.3, -0.25) is 0 Å². The average molecular weight is 292 g/mol. The molecule has 2 atom stereocenters. The van der Waals surface area contributed by atoms with Gasteiger partial charge in [-0.05, 0) is 32.0 Å². The van der Waals surface area contributed by atoms with E-state index in [1.165, 1.54) is 41.1 Å². The minimum Gasteiger partial charge on any atom is -0.316 e. The Morgan fingerprint density at radius 1 is 1.21 bits per heavy atom. The van der Waals surface area contributed by atoms with Crippen molar-refractivity contribution in [3.63, 3.8) is 0 Å². The molecule has 2 nitrogen and oxygen atoms in total. The Kier molecular flexibility index (Phi) is 4.41. The van der Waals surface area contributed by atoms with Gasteiger partial charge in [-0.15, -0.1) is 11.3 Å². The van der Waals surface area contributed by atoms with Gasteiger partial charge in [-0.2, -0.15) is 0 Å². The molecule has 0 bridgehead atoms. The highest BCUT2D eigenvalue weighted by molar-refractivity contribution is 8.01. The maximum absolute atomic E-state index is 4.76. The lowest BCUT2D eigenvalue weighted by Gasteiger charge is -2.23. The summed E-state index contributed by atoms with van der Waals surface area (Å²) < 4.78 is 2.54.